The molecule has 0 aliphatic heterocycles. The maximum atomic E-state index is 12.6. The fourth-order valence-electron chi connectivity index (χ4n) is 0.877. The van der Waals surface area contributed by atoms with E-state index in [1.807, 2.05) is 0 Å². The standard InChI is InChI=1S/C7H8F8O/c1-2-16-4(5(9,10)3-8)6(11,12)7(13,14)15/h4H,2-3H2,1H3. The van der Waals surface area contributed by atoms with E-state index in [9.17, 15) is 35.1 Å². The lowest BCUT2D eigenvalue weighted by atomic mass is 10.1. The second-order valence-electron chi connectivity index (χ2n) is 2.85. The third-order valence-electron chi connectivity index (χ3n) is 1.60. The van der Waals surface area contributed by atoms with Gasteiger partial charge in [0.25, 0.3) is 0 Å². The number of rotatable bonds is 5. The summed E-state index contributed by atoms with van der Waals surface area (Å²) in [5.41, 5.74) is 0. The number of ether oxygens (including phenoxy) is 1. The van der Waals surface area contributed by atoms with E-state index in [4.69, 9.17) is 0 Å². The van der Waals surface area contributed by atoms with Crippen molar-refractivity contribution in [2.45, 2.75) is 31.0 Å². The normalized spacial score (nSPS) is 16.3. The van der Waals surface area contributed by atoms with Crippen LogP contribution in [0.4, 0.5) is 35.1 Å². The van der Waals surface area contributed by atoms with Crippen molar-refractivity contribution in [2.75, 3.05) is 13.3 Å². The van der Waals surface area contributed by atoms with E-state index < -0.39 is 37.4 Å². The number of hydrogen-bond acceptors (Lipinski definition) is 1. The molecule has 1 nitrogen and oxygen atoms in total. The molecular weight excluding hydrogens is 252 g/mol. The van der Waals surface area contributed by atoms with Gasteiger partial charge in [-0.2, -0.15) is 22.0 Å². The Morgan fingerprint density at radius 2 is 1.44 bits per heavy atom. The minimum absolute atomic E-state index is 0.827. The molecule has 1 unspecified atom stereocenters. The lowest BCUT2D eigenvalue weighted by Crippen LogP contribution is -2.57. The lowest BCUT2D eigenvalue weighted by molar-refractivity contribution is -0.348. The van der Waals surface area contributed by atoms with Gasteiger partial charge in [-0.15, -0.1) is 0 Å². The summed E-state index contributed by atoms with van der Waals surface area (Å²) >= 11 is 0. The van der Waals surface area contributed by atoms with Crippen LogP contribution in [0, 0.1) is 0 Å². The monoisotopic (exact) mass is 260 g/mol. The highest BCUT2D eigenvalue weighted by atomic mass is 19.4. The van der Waals surface area contributed by atoms with Gasteiger partial charge in [0.1, 0.15) is 0 Å². The Labute approximate surface area is 85.4 Å². The van der Waals surface area contributed by atoms with Crippen molar-refractivity contribution in [3.63, 3.8) is 0 Å². The molecule has 0 aromatic heterocycles. The van der Waals surface area contributed by atoms with Gasteiger partial charge in [-0.05, 0) is 6.92 Å². The van der Waals surface area contributed by atoms with Gasteiger partial charge in [0.2, 0.25) is 0 Å². The van der Waals surface area contributed by atoms with Crippen molar-refractivity contribution in [1.29, 1.82) is 0 Å². The zero-order chi connectivity index (χ0) is 13.2. The van der Waals surface area contributed by atoms with Gasteiger partial charge in [-0.25, -0.2) is 13.2 Å². The van der Waals surface area contributed by atoms with Gasteiger partial charge < -0.3 is 4.74 Å². The minimum atomic E-state index is -6.23. The quantitative estimate of drug-likeness (QED) is 0.690. The van der Waals surface area contributed by atoms with E-state index in [2.05, 4.69) is 4.74 Å². The summed E-state index contributed by atoms with van der Waals surface area (Å²) in [6.45, 7) is -2.55. The summed E-state index contributed by atoms with van der Waals surface area (Å²) in [6, 6.07) is 0. The molecule has 0 aliphatic carbocycles. The Balaban J connectivity index is 5.21. The summed E-state index contributed by atoms with van der Waals surface area (Å²) in [5, 5.41) is 0. The van der Waals surface area contributed by atoms with Crippen LogP contribution < -0.4 is 0 Å². The molecule has 16 heavy (non-hydrogen) atoms. The molecule has 0 aromatic rings. The number of alkyl halides is 8. The van der Waals surface area contributed by atoms with Crippen LogP contribution in [0.3, 0.4) is 0 Å². The smallest absolute Gasteiger partial charge is 0.366 e. The third-order valence-corrected chi connectivity index (χ3v) is 1.60. The molecule has 0 saturated heterocycles. The van der Waals surface area contributed by atoms with Crippen molar-refractivity contribution in [3.05, 3.63) is 0 Å². The van der Waals surface area contributed by atoms with Crippen molar-refractivity contribution in [3.8, 4) is 0 Å². The van der Waals surface area contributed by atoms with Gasteiger partial charge in [0, 0.05) is 6.61 Å². The van der Waals surface area contributed by atoms with Crippen molar-refractivity contribution < 1.29 is 39.9 Å². The molecule has 0 aromatic carbocycles. The summed E-state index contributed by atoms with van der Waals surface area (Å²) < 4.78 is 101. The second-order valence-corrected chi connectivity index (χ2v) is 2.85. The van der Waals surface area contributed by atoms with Gasteiger partial charge in [-0.3, -0.25) is 0 Å². The Kier molecular flexibility index (Phi) is 4.55. The largest absolute Gasteiger partial charge is 0.456 e. The molecule has 0 spiro atoms. The fraction of sp³-hybridized carbons (Fsp3) is 1.00. The molecular formula is C7H8F8O. The van der Waals surface area contributed by atoms with Crippen LogP contribution in [0.2, 0.25) is 0 Å². The summed E-state index contributed by atoms with van der Waals surface area (Å²) in [4.78, 5) is 0. The molecule has 98 valence electrons. The molecule has 0 N–H and O–H groups in total. The first-order valence-corrected chi connectivity index (χ1v) is 4.00. The molecule has 9 heteroatoms. The van der Waals surface area contributed by atoms with E-state index in [1.54, 1.807) is 0 Å². The van der Waals surface area contributed by atoms with Crippen molar-refractivity contribution in [1.82, 2.24) is 0 Å². The lowest BCUT2D eigenvalue weighted by Gasteiger charge is -2.32. The summed E-state index contributed by atoms with van der Waals surface area (Å²) in [7, 11) is 0. The molecule has 0 fully saturated rings. The Bertz CT molecular complexity index is 223. The first-order chi connectivity index (χ1) is 7.00. The van der Waals surface area contributed by atoms with Crippen molar-refractivity contribution >= 4 is 0 Å². The van der Waals surface area contributed by atoms with E-state index in [1.165, 1.54) is 0 Å². The third kappa shape index (κ3) is 2.96. The van der Waals surface area contributed by atoms with E-state index in [0.717, 1.165) is 6.92 Å². The van der Waals surface area contributed by atoms with Crippen LogP contribution in [0.25, 0.3) is 0 Å². The first kappa shape index (κ1) is 15.4. The zero-order valence-corrected chi connectivity index (χ0v) is 7.92. The van der Waals surface area contributed by atoms with Gasteiger partial charge in [0.15, 0.2) is 12.8 Å². The SMILES string of the molecule is CCOC(C(F)(F)CF)C(F)(F)C(F)(F)F. The van der Waals surface area contributed by atoms with Crippen LogP contribution >= 0.6 is 0 Å². The predicted octanol–water partition coefficient (Wildman–Crippen LogP) is 3.19. The van der Waals surface area contributed by atoms with Crippen LogP contribution in [0.15, 0.2) is 0 Å². The fourth-order valence-corrected chi connectivity index (χ4v) is 0.877. The predicted molar refractivity (Wildman–Crippen MR) is 37.3 cm³/mol. The Morgan fingerprint density at radius 3 is 1.69 bits per heavy atom. The highest BCUT2D eigenvalue weighted by molar-refractivity contribution is 4.94. The maximum absolute atomic E-state index is 12.6. The maximum Gasteiger partial charge on any atom is 0.456 e. The summed E-state index contributed by atoms with van der Waals surface area (Å²) in [5.74, 6) is -10.7. The van der Waals surface area contributed by atoms with Crippen LogP contribution in [0.5, 0.6) is 0 Å². The molecule has 0 aliphatic rings. The molecule has 0 heterocycles. The number of hydrogen-bond donors (Lipinski definition) is 0. The van der Waals surface area contributed by atoms with Crippen LogP contribution in [-0.2, 0) is 4.74 Å². The summed E-state index contributed by atoms with van der Waals surface area (Å²) in [6.07, 6.45) is -10.1. The molecule has 0 saturated carbocycles. The van der Waals surface area contributed by atoms with E-state index in [-0.39, 0.29) is 0 Å². The topological polar surface area (TPSA) is 9.23 Å². The van der Waals surface area contributed by atoms with Crippen LogP contribution in [0.1, 0.15) is 6.92 Å². The van der Waals surface area contributed by atoms with E-state index >= 15 is 0 Å². The molecule has 0 amide bonds. The van der Waals surface area contributed by atoms with Crippen molar-refractivity contribution in [2.24, 2.45) is 0 Å². The molecule has 0 bridgehead atoms. The van der Waals surface area contributed by atoms with Gasteiger partial charge >= 0.3 is 18.0 Å². The molecule has 1 atom stereocenters. The van der Waals surface area contributed by atoms with Crippen LogP contribution in [-0.4, -0.2) is 37.4 Å². The molecule has 0 radical (unpaired) electrons. The van der Waals surface area contributed by atoms with Gasteiger partial charge in [0.05, 0.1) is 0 Å². The highest BCUT2D eigenvalue weighted by Gasteiger charge is 2.69. The minimum Gasteiger partial charge on any atom is -0.366 e. The van der Waals surface area contributed by atoms with E-state index in [0.29, 0.717) is 0 Å². The first-order valence-electron chi connectivity index (χ1n) is 4.00. The Morgan fingerprint density at radius 1 is 1.00 bits per heavy atom. The second kappa shape index (κ2) is 4.72. The zero-order valence-electron chi connectivity index (χ0n) is 7.92. The average molecular weight is 260 g/mol. The highest BCUT2D eigenvalue weighted by Crippen LogP contribution is 2.44. The average Bonchev–Trinajstić information content (AvgIpc) is 2.11. The van der Waals surface area contributed by atoms with Gasteiger partial charge in [-0.1, -0.05) is 0 Å². The molecule has 0 rings (SSSR count). The number of halogens is 8. The Hall–Kier alpha value is -0.600.